The molecule has 0 saturated carbocycles. The Hall–Kier alpha value is -2.02. The van der Waals surface area contributed by atoms with Crippen LogP contribution >= 0.6 is 11.8 Å². The number of pyridine rings is 1. The van der Waals surface area contributed by atoms with Gasteiger partial charge < -0.3 is 5.11 Å². The van der Waals surface area contributed by atoms with E-state index in [1.165, 1.54) is 30.1 Å². The number of nitrogens with zero attached hydrogens (tertiary/aromatic N) is 1. The van der Waals surface area contributed by atoms with E-state index in [0.717, 1.165) is 12.1 Å². The number of carboxylic acid groups (broad SMARTS) is 1. The summed E-state index contributed by atoms with van der Waals surface area (Å²) in [5, 5.41) is 8.74. The molecule has 21 heavy (non-hydrogen) atoms. The molecule has 1 aromatic carbocycles. The minimum Gasteiger partial charge on any atom is -0.478 e. The first kappa shape index (κ1) is 15.4. The number of rotatable bonds is 4. The molecular weight excluding hydrogens is 303 g/mol. The molecule has 0 aliphatic heterocycles. The zero-order valence-corrected chi connectivity index (χ0v) is 11.4. The van der Waals surface area contributed by atoms with Crippen LogP contribution in [0.1, 0.15) is 21.6 Å². The second-order valence-electron chi connectivity index (χ2n) is 4.16. The van der Waals surface area contributed by atoms with Crippen LogP contribution in [0.2, 0.25) is 0 Å². The number of aromatic carboxylic acids is 1. The molecule has 0 fully saturated rings. The van der Waals surface area contributed by atoms with E-state index in [1.54, 1.807) is 12.1 Å². The molecule has 110 valence electrons. The van der Waals surface area contributed by atoms with Gasteiger partial charge in [0.15, 0.2) is 0 Å². The minimum atomic E-state index is -4.36. The smallest absolute Gasteiger partial charge is 0.416 e. The molecule has 1 aromatic heterocycles. The molecular formula is C14H10F3NO2S. The molecule has 0 saturated heterocycles. The van der Waals surface area contributed by atoms with Gasteiger partial charge in [-0.25, -0.2) is 4.79 Å². The summed E-state index contributed by atoms with van der Waals surface area (Å²) in [5.41, 5.74) is -0.0214. The Balaban J connectivity index is 2.04. The number of hydrogen-bond acceptors (Lipinski definition) is 3. The third kappa shape index (κ3) is 4.22. The highest BCUT2D eigenvalue weighted by molar-refractivity contribution is 7.98. The summed E-state index contributed by atoms with van der Waals surface area (Å²) in [6.07, 6.45) is -3.14. The van der Waals surface area contributed by atoms with E-state index in [1.807, 2.05) is 0 Å². The Labute approximate surface area is 122 Å². The number of benzene rings is 1. The zero-order chi connectivity index (χ0) is 15.5. The third-order valence-electron chi connectivity index (χ3n) is 2.62. The predicted octanol–water partition coefficient (Wildman–Crippen LogP) is 4.09. The summed E-state index contributed by atoms with van der Waals surface area (Å²) < 4.78 is 37.7. The molecule has 2 aromatic rings. The summed E-state index contributed by atoms with van der Waals surface area (Å²) in [6.45, 7) is 0. The van der Waals surface area contributed by atoms with Crippen molar-refractivity contribution < 1.29 is 23.1 Å². The second kappa shape index (κ2) is 6.17. The number of aromatic nitrogens is 1. The van der Waals surface area contributed by atoms with E-state index >= 15 is 0 Å². The summed E-state index contributed by atoms with van der Waals surface area (Å²) >= 11 is 1.21. The number of hydrogen-bond donors (Lipinski definition) is 1. The maximum absolute atomic E-state index is 12.6. The number of carbonyl (C=O) groups is 1. The number of carboxylic acids is 1. The van der Waals surface area contributed by atoms with Gasteiger partial charge in [0.2, 0.25) is 0 Å². The highest BCUT2D eigenvalue weighted by Gasteiger charge is 2.30. The predicted molar refractivity (Wildman–Crippen MR) is 72.2 cm³/mol. The first-order valence-electron chi connectivity index (χ1n) is 5.84. The van der Waals surface area contributed by atoms with E-state index in [0.29, 0.717) is 16.3 Å². The van der Waals surface area contributed by atoms with Crippen molar-refractivity contribution in [2.45, 2.75) is 16.8 Å². The molecule has 1 heterocycles. The quantitative estimate of drug-likeness (QED) is 0.864. The Morgan fingerprint density at radius 1 is 1.24 bits per heavy atom. The van der Waals surface area contributed by atoms with Gasteiger partial charge in [0.05, 0.1) is 16.8 Å². The number of alkyl halides is 3. The van der Waals surface area contributed by atoms with Crippen LogP contribution in [0.4, 0.5) is 13.2 Å². The maximum atomic E-state index is 12.6. The van der Waals surface area contributed by atoms with Crippen molar-refractivity contribution in [2.75, 3.05) is 0 Å². The maximum Gasteiger partial charge on any atom is 0.416 e. The van der Waals surface area contributed by atoms with Crippen LogP contribution < -0.4 is 0 Å². The van der Waals surface area contributed by atoms with Crippen molar-refractivity contribution in [3.05, 3.63) is 59.4 Å². The molecule has 3 nitrogen and oxygen atoms in total. The number of halogens is 3. The Morgan fingerprint density at radius 3 is 2.57 bits per heavy atom. The zero-order valence-electron chi connectivity index (χ0n) is 10.6. The Morgan fingerprint density at radius 2 is 2.00 bits per heavy atom. The summed E-state index contributed by atoms with van der Waals surface area (Å²) in [4.78, 5) is 15.1. The largest absolute Gasteiger partial charge is 0.478 e. The van der Waals surface area contributed by atoms with Gasteiger partial charge in [0.25, 0.3) is 0 Å². The van der Waals surface area contributed by atoms with Crippen LogP contribution in [-0.2, 0) is 11.9 Å². The van der Waals surface area contributed by atoms with Gasteiger partial charge in [-0.3, -0.25) is 4.98 Å². The molecule has 7 heteroatoms. The lowest BCUT2D eigenvalue weighted by Gasteiger charge is -2.08. The highest BCUT2D eigenvalue weighted by Crippen LogP contribution is 2.32. The fraction of sp³-hybridized carbons (Fsp3) is 0.143. The van der Waals surface area contributed by atoms with Gasteiger partial charge in [-0.2, -0.15) is 13.2 Å². The fourth-order valence-corrected chi connectivity index (χ4v) is 2.43. The van der Waals surface area contributed by atoms with Crippen LogP contribution in [0, 0.1) is 0 Å². The van der Waals surface area contributed by atoms with Crippen molar-refractivity contribution in [1.29, 1.82) is 0 Å². The van der Waals surface area contributed by atoms with E-state index in [-0.39, 0.29) is 5.56 Å². The summed E-state index contributed by atoms with van der Waals surface area (Å²) in [5.74, 6) is -0.708. The molecule has 0 aliphatic carbocycles. The van der Waals surface area contributed by atoms with E-state index in [4.69, 9.17) is 5.11 Å². The topological polar surface area (TPSA) is 50.2 Å². The van der Waals surface area contributed by atoms with Crippen molar-refractivity contribution in [1.82, 2.24) is 4.98 Å². The normalized spacial score (nSPS) is 11.4. The molecule has 0 atom stereocenters. The van der Waals surface area contributed by atoms with E-state index < -0.39 is 17.7 Å². The highest BCUT2D eigenvalue weighted by atomic mass is 32.2. The van der Waals surface area contributed by atoms with Crippen LogP contribution in [0.3, 0.4) is 0 Å². The van der Waals surface area contributed by atoms with Crippen molar-refractivity contribution in [2.24, 2.45) is 0 Å². The van der Waals surface area contributed by atoms with E-state index in [9.17, 15) is 18.0 Å². The van der Waals surface area contributed by atoms with Crippen LogP contribution in [0.5, 0.6) is 0 Å². The molecule has 2 rings (SSSR count). The Kier molecular flexibility index (Phi) is 4.52. The minimum absolute atomic E-state index is 0.0721. The SMILES string of the molecule is O=C(O)c1ccc(CSc2cccc(C(F)(F)F)c2)nc1. The monoisotopic (exact) mass is 313 g/mol. The van der Waals surface area contributed by atoms with Crippen molar-refractivity contribution in [3.63, 3.8) is 0 Å². The summed E-state index contributed by atoms with van der Waals surface area (Å²) in [7, 11) is 0. The number of thioether (sulfide) groups is 1. The first-order valence-corrected chi connectivity index (χ1v) is 6.83. The fourth-order valence-electron chi connectivity index (χ4n) is 1.56. The molecule has 0 unspecified atom stereocenters. The average Bonchev–Trinajstić information content (AvgIpc) is 2.45. The second-order valence-corrected chi connectivity index (χ2v) is 5.21. The molecule has 1 N–H and O–H groups in total. The van der Waals surface area contributed by atoms with Gasteiger partial charge in [0, 0.05) is 16.8 Å². The van der Waals surface area contributed by atoms with Crippen molar-refractivity contribution >= 4 is 17.7 Å². The Bertz CT molecular complexity index is 641. The molecule has 0 bridgehead atoms. The lowest BCUT2D eigenvalue weighted by atomic mass is 10.2. The molecule has 0 amide bonds. The van der Waals surface area contributed by atoms with E-state index in [2.05, 4.69) is 4.98 Å². The first-order chi connectivity index (χ1) is 9.86. The van der Waals surface area contributed by atoms with Crippen LogP contribution in [-0.4, -0.2) is 16.1 Å². The van der Waals surface area contributed by atoms with Gasteiger partial charge in [0.1, 0.15) is 0 Å². The summed E-state index contributed by atoms with van der Waals surface area (Å²) in [6, 6.07) is 8.00. The average molecular weight is 313 g/mol. The lowest BCUT2D eigenvalue weighted by molar-refractivity contribution is -0.137. The van der Waals surface area contributed by atoms with Gasteiger partial charge >= 0.3 is 12.1 Å². The standard InChI is InChI=1S/C14H10F3NO2S/c15-14(16,17)10-2-1-3-12(6-10)21-8-11-5-4-9(7-18-11)13(19)20/h1-7H,8H2,(H,19,20). The molecule has 0 radical (unpaired) electrons. The van der Waals surface area contributed by atoms with Crippen LogP contribution in [0.15, 0.2) is 47.5 Å². The molecule has 0 spiro atoms. The lowest BCUT2D eigenvalue weighted by Crippen LogP contribution is -2.04. The van der Waals surface area contributed by atoms with Crippen LogP contribution in [0.25, 0.3) is 0 Å². The van der Waals surface area contributed by atoms with Crippen molar-refractivity contribution in [3.8, 4) is 0 Å². The van der Waals surface area contributed by atoms with Gasteiger partial charge in [-0.1, -0.05) is 6.07 Å². The molecule has 0 aliphatic rings. The van der Waals surface area contributed by atoms with Gasteiger partial charge in [-0.15, -0.1) is 11.8 Å². The third-order valence-corrected chi connectivity index (χ3v) is 3.65. The van der Waals surface area contributed by atoms with Gasteiger partial charge in [-0.05, 0) is 30.3 Å².